The molecule has 2 aromatic carbocycles. The minimum Gasteiger partial charge on any atom is -0.491 e. The molecule has 9 nitrogen and oxygen atoms in total. The predicted octanol–water partition coefficient (Wildman–Crippen LogP) is 3.51. The van der Waals surface area contributed by atoms with E-state index in [-0.39, 0.29) is 0 Å². The SMILES string of the molecule is NN=NCCCOc1cc2c(cc1N)C=NC2.Nc1cc2c(cc1OCCCCl)CN=C2. The van der Waals surface area contributed by atoms with Crippen LogP contribution < -0.4 is 26.8 Å². The number of alkyl halides is 1. The second-order valence-corrected chi connectivity index (χ2v) is 7.57. The molecule has 0 fully saturated rings. The van der Waals surface area contributed by atoms with Crippen LogP contribution in [0.3, 0.4) is 0 Å². The van der Waals surface area contributed by atoms with Crippen molar-refractivity contribution >= 4 is 35.4 Å². The van der Waals surface area contributed by atoms with E-state index in [1.807, 2.05) is 36.7 Å². The fraction of sp³-hybridized carbons (Fsp3) is 0.364. The van der Waals surface area contributed by atoms with Crippen LogP contribution in [0.25, 0.3) is 0 Å². The van der Waals surface area contributed by atoms with Gasteiger partial charge in [-0.25, -0.2) is 0 Å². The number of hydrogen-bond donors (Lipinski definition) is 3. The summed E-state index contributed by atoms with van der Waals surface area (Å²) >= 11 is 5.57. The van der Waals surface area contributed by atoms with Gasteiger partial charge in [0.15, 0.2) is 0 Å². The normalized spacial score (nSPS) is 13.0. The fourth-order valence-corrected chi connectivity index (χ4v) is 3.28. The zero-order chi connectivity index (χ0) is 22.8. The molecule has 0 saturated heterocycles. The number of nitrogens with zero attached hydrogens (tertiary/aromatic N) is 4. The second kappa shape index (κ2) is 11.9. The molecular formula is C22H28ClN7O2. The molecule has 0 spiro atoms. The Labute approximate surface area is 192 Å². The lowest BCUT2D eigenvalue weighted by Gasteiger charge is -2.10. The third-order valence-corrected chi connectivity index (χ3v) is 5.07. The second-order valence-electron chi connectivity index (χ2n) is 7.19. The Morgan fingerprint density at radius 1 is 0.844 bits per heavy atom. The highest BCUT2D eigenvalue weighted by atomic mass is 35.5. The van der Waals surface area contributed by atoms with Crippen LogP contribution in [-0.4, -0.2) is 38.1 Å². The molecule has 0 bridgehead atoms. The van der Waals surface area contributed by atoms with Crippen LogP contribution in [-0.2, 0) is 13.1 Å². The monoisotopic (exact) mass is 457 g/mol. The van der Waals surface area contributed by atoms with Gasteiger partial charge in [-0.15, -0.1) is 11.6 Å². The van der Waals surface area contributed by atoms with Crippen LogP contribution in [0.2, 0.25) is 0 Å². The van der Waals surface area contributed by atoms with Gasteiger partial charge < -0.3 is 26.8 Å². The fourth-order valence-electron chi connectivity index (χ4n) is 3.17. The number of aliphatic imine (C=N–C) groups is 2. The van der Waals surface area contributed by atoms with E-state index in [0.29, 0.717) is 49.3 Å². The molecule has 6 N–H and O–H groups in total. The molecule has 0 unspecified atom stereocenters. The van der Waals surface area contributed by atoms with Crippen molar-refractivity contribution in [1.82, 2.24) is 0 Å². The largest absolute Gasteiger partial charge is 0.491 e. The number of benzene rings is 2. The Kier molecular flexibility index (Phi) is 8.68. The Balaban J connectivity index is 0.000000182. The number of rotatable bonds is 9. The Morgan fingerprint density at radius 2 is 1.38 bits per heavy atom. The summed E-state index contributed by atoms with van der Waals surface area (Å²) in [6.45, 7) is 3.13. The van der Waals surface area contributed by atoms with Crippen LogP contribution in [0.5, 0.6) is 11.5 Å². The Morgan fingerprint density at radius 3 is 1.88 bits per heavy atom. The summed E-state index contributed by atoms with van der Waals surface area (Å²) in [5, 5.41) is 6.83. The molecule has 0 aliphatic carbocycles. The maximum Gasteiger partial charge on any atom is 0.142 e. The summed E-state index contributed by atoms with van der Waals surface area (Å²) in [5.41, 5.74) is 17.5. The van der Waals surface area contributed by atoms with Crippen LogP contribution in [0.4, 0.5) is 11.4 Å². The van der Waals surface area contributed by atoms with Crippen molar-refractivity contribution in [1.29, 1.82) is 0 Å². The van der Waals surface area contributed by atoms with Gasteiger partial charge in [0, 0.05) is 24.7 Å². The van der Waals surface area contributed by atoms with Gasteiger partial charge in [0.25, 0.3) is 0 Å². The van der Waals surface area contributed by atoms with Crippen molar-refractivity contribution in [2.45, 2.75) is 25.9 Å². The summed E-state index contributed by atoms with van der Waals surface area (Å²) in [5.74, 6) is 6.94. The van der Waals surface area contributed by atoms with Gasteiger partial charge in [-0.05, 0) is 52.9 Å². The first-order valence-electron chi connectivity index (χ1n) is 10.3. The lowest BCUT2D eigenvalue weighted by Crippen LogP contribution is -2.03. The van der Waals surface area contributed by atoms with Gasteiger partial charge in [-0.1, -0.05) is 5.22 Å². The molecule has 0 radical (unpaired) electrons. The minimum absolute atomic E-state index is 0.545. The number of halogens is 1. The van der Waals surface area contributed by atoms with Gasteiger partial charge in [-0.3, -0.25) is 9.98 Å². The summed E-state index contributed by atoms with van der Waals surface area (Å²) in [6.07, 6.45) is 5.26. The molecule has 2 aliphatic heterocycles. The number of anilines is 2. The first-order valence-corrected chi connectivity index (χ1v) is 10.9. The maximum atomic E-state index is 5.89. The molecule has 0 atom stereocenters. The molecule has 4 rings (SSSR count). The van der Waals surface area contributed by atoms with Crippen molar-refractivity contribution in [2.75, 3.05) is 37.1 Å². The van der Waals surface area contributed by atoms with Crippen molar-refractivity contribution < 1.29 is 9.47 Å². The number of ether oxygens (including phenoxy) is 2. The van der Waals surface area contributed by atoms with E-state index in [4.69, 9.17) is 38.4 Å². The molecule has 2 aromatic rings. The maximum absolute atomic E-state index is 5.89. The third kappa shape index (κ3) is 6.34. The molecule has 2 heterocycles. The number of nitrogen functional groups attached to an aromatic ring is 2. The Hall–Kier alpha value is -3.33. The predicted molar refractivity (Wildman–Crippen MR) is 129 cm³/mol. The molecule has 0 aromatic heterocycles. The van der Waals surface area contributed by atoms with E-state index < -0.39 is 0 Å². The summed E-state index contributed by atoms with van der Waals surface area (Å²) in [4.78, 5) is 8.35. The quantitative estimate of drug-likeness (QED) is 0.132. The lowest BCUT2D eigenvalue weighted by atomic mass is 10.1. The summed E-state index contributed by atoms with van der Waals surface area (Å²) in [7, 11) is 0. The molecule has 170 valence electrons. The third-order valence-electron chi connectivity index (χ3n) is 4.80. The minimum atomic E-state index is 0.545. The average molecular weight is 458 g/mol. The first-order chi connectivity index (χ1) is 15.6. The van der Waals surface area contributed by atoms with E-state index in [0.717, 1.165) is 41.8 Å². The highest BCUT2D eigenvalue weighted by Crippen LogP contribution is 2.29. The van der Waals surface area contributed by atoms with E-state index in [9.17, 15) is 0 Å². The first kappa shape index (κ1) is 23.3. The van der Waals surface area contributed by atoms with Gasteiger partial charge in [0.1, 0.15) is 11.5 Å². The highest BCUT2D eigenvalue weighted by Gasteiger charge is 2.12. The van der Waals surface area contributed by atoms with Crippen LogP contribution in [0, 0.1) is 0 Å². The Bertz CT molecular complexity index is 1010. The molecule has 0 amide bonds. The van der Waals surface area contributed by atoms with Gasteiger partial charge in [0.2, 0.25) is 0 Å². The molecule has 2 aliphatic rings. The van der Waals surface area contributed by atoms with E-state index in [1.165, 1.54) is 5.56 Å². The molecule has 0 saturated carbocycles. The van der Waals surface area contributed by atoms with E-state index in [1.54, 1.807) is 0 Å². The van der Waals surface area contributed by atoms with Crippen molar-refractivity contribution in [2.24, 2.45) is 26.2 Å². The molecule has 32 heavy (non-hydrogen) atoms. The van der Waals surface area contributed by atoms with Gasteiger partial charge in [-0.2, -0.15) is 5.11 Å². The lowest BCUT2D eigenvalue weighted by molar-refractivity contribution is 0.314. The molecular weight excluding hydrogens is 430 g/mol. The van der Waals surface area contributed by atoms with E-state index >= 15 is 0 Å². The van der Waals surface area contributed by atoms with Crippen molar-refractivity contribution in [3.8, 4) is 11.5 Å². The van der Waals surface area contributed by atoms with Gasteiger partial charge in [0.05, 0.1) is 44.2 Å². The summed E-state index contributed by atoms with van der Waals surface area (Å²) < 4.78 is 11.1. The van der Waals surface area contributed by atoms with Crippen molar-refractivity contribution in [3.63, 3.8) is 0 Å². The highest BCUT2D eigenvalue weighted by molar-refractivity contribution is 6.17. The number of nitrogens with two attached hydrogens (primary N) is 3. The van der Waals surface area contributed by atoms with Crippen LogP contribution in [0.15, 0.2) is 44.6 Å². The van der Waals surface area contributed by atoms with Crippen molar-refractivity contribution in [3.05, 3.63) is 46.5 Å². The van der Waals surface area contributed by atoms with Crippen LogP contribution in [0.1, 0.15) is 35.1 Å². The topological polar surface area (TPSA) is 146 Å². The van der Waals surface area contributed by atoms with Gasteiger partial charge >= 0.3 is 0 Å². The molecule has 10 heteroatoms. The zero-order valence-electron chi connectivity index (χ0n) is 17.8. The average Bonchev–Trinajstić information content (AvgIpc) is 3.43. The van der Waals surface area contributed by atoms with E-state index in [2.05, 4.69) is 20.3 Å². The number of hydrogen-bond acceptors (Lipinski definition) is 8. The standard InChI is InChI=1S/C11H13ClN2O.C11H15N5O/c12-2-1-3-15-11-5-9-7-14-6-8(9)4-10(11)13;12-10-4-8-6-14-7-9(8)5-11(10)17-3-1-2-15-16-13/h4-6H,1-3,7,13H2;4-6H,1-3,7,12H2,(H2,13,15). The van der Waals surface area contributed by atoms with Crippen LogP contribution >= 0.6 is 11.6 Å². The number of fused-ring (bicyclic) bond motifs is 2. The zero-order valence-corrected chi connectivity index (χ0v) is 18.6. The summed E-state index contributed by atoms with van der Waals surface area (Å²) in [6, 6.07) is 7.70. The smallest absolute Gasteiger partial charge is 0.142 e.